The van der Waals surface area contributed by atoms with Gasteiger partial charge >= 0.3 is 0 Å². The number of unbranched alkanes of at least 4 members (excludes halogenated alkanes) is 1. The summed E-state index contributed by atoms with van der Waals surface area (Å²) in [5.74, 6) is 0.609. The number of nitrogens with one attached hydrogen (secondary N) is 2. The van der Waals surface area contributed by atoms with E-state index in [0.717, 1.165) is 30.4 Å². The first kappa shape index (κ1) is 17.0. The van der Waals surface area contributed by atoms with Gasteiger partial charge in [0.1, 0.15) is 5.75 Å². The van der Waals surface area contributed by atoms with Crippen LogP contribution in [0.25, 0.3) is 0 Å². The maximum Gasteiger partial charge on any atom is 0.257 e. The zero-order chi connectivity index (χ0) is 14.8. The molecule has 0 aromatic heterocycles. The van der Waals surface area contributed by atoms with Gasteiger partial charge in [0.2, 0.25) is 0 Å². The molecule has 1 amide bonds. The minimum absolute atomic E-state index is 0.0505. The van der Waals surface area contributed by atoms with E-state index < -0.39 is 0 Å². The van der Waals surface area contributed by atoms with Crippen molar-refractivity contribution in [3.05, 3.63) is 28.2 Å². The second kappa shape index (κ2) is 9.77. The van der Waals surface area contributed by atoms with E-state index in [0.29, 0.717) is 12.3 Å². The molecule has 0 unspecified atom stereocenters. The van der Waals surface area contributed by atoms with E-state index in [1.54, 1.807) is 0 Å². The van der Waals surface area contributed by atoms with E-state index in [-0.39, 0.29) is 12.5 Å². The van der Waals surface area contributed by atoms with Crippen molar-refractivity contribution in [2.24, 2.45) is 0 Å². The Morgan fingerprint density at radius 2 is 2.15 bits per heavy atom. The van der Waals surface area contributed by atoms with E-state index in [1.165, 1.54) is 5.56 Å². The highest BCUT2D eigenvalue weighted by Crippen LogP contribution is 2.25. The van der Waals surface area contributed by atoms with Crippen molar-refractivity contribution in [2.45, 2.75) is 33.2 Å². The summed E-state index contributed by atoms with van der Waals surface area (Å²) >= 11 is 3.47. The summed E-state index contributed by atoms with van der Waals surface area (Å²) in [6.45, 7) is 6.69. The molecule has 1 aromatic rings. The standard InChI is InChI=1S/C15H23BrN2O2/c1-3-5-8-18-15(19)11-20-14-7-6-12(9-13(14)16)10-17-4-2/h6-7,9,17H,3-5,8,10-11H2,1-2H3,(H,18,19). The van der Waals surface area contributed by atoms with Gasteiger partial charge in [0.15, 0.2) is 6.61 Å². The summed E-state index contributed by atoms with van der Waals surface area (Å²) < 4.78 is 6.38. The molecule has 1 rings (SSSR count). The molecule has 0 atom stereocenters. The molecule has 4 nitrogen and oxygen atoms in total. The van der Waals surface area contributed by atoms with E-state index in [1.807, 2.05) is 18.2 Å². The second-order valence-electron chi connectivity index (χ2n) is 4.54. The van der Waals surface area contributed by atoms with E-state index in [2.05, 4.69) is 40.4 Å². The van der Waals surface area contributed by atoms with Gasteiger partial charge in [-0.05, 0) is 46.6 Å². The molecule has 0 heterocycles. The molecule has 1 aromatic carbocycles. The molecule has 0 aliphatic rings. The van der Waals surface area contributed by atoms with Crippen LogP contribution in [0.4, 0.5) is 0 Å². The van der Waals surface area contributed by atoms with Crippen molar-refractivity contribution in [1.82, 2.24) is 10.6 Å². The molecule has 0 aliphatic carbocycles. The van der Waals surface area contributed by atoms with Crippen molar-refractivity contribution in [3.63, 3.8) is 0 Å². The predicted octanol–water partition coefficient (Wildman–Crippen LogP) is 2.85. The lowest BCUT2D eigenvalue weighted by atomic mass is 10.2. The van der Waals surface area contributed by atoms with Crippen LogP contribution in [0, 0.1) is 0 Å². The number of ether oxygens (including phenoxy) is 1. The van der Waals surface area contributed by atoms with E-state index >= 15 is 0 Å². The quantitative estimate of drug-likeness (QED) is 0.678. The molecule has 0 bridgehead atoms. The van der Waals surface area contributed by atoms with Crippen LogP contribution < -0.4 is 15.4 Å². The summed E-state index contributed by atoms with van der Waals surface area (Å²) in [4.78, 5) is 11.5. The molecule has 0 saturated heterocycles. The van der Waals surface area contributed by atoms with Crippen molar-refractivity contribution >= 4 is 21.8 Å². The average Bonchev–Trinajstić information content (AvgIpc) is 2.44. The number of amides is 1. The zero-order valence-corrected chi connectivity index (χ0v) is 13.8. The normalized spacial score (nSPS) is 10.3. The van der Waals surface area contributed by atoms with Crippen LogP contribution in [0.3, 0.4) is 0 Å². The predicted molar refractivity (Wildman–Crippen MR) is 84.9 cm³/mol. The molecule has 20 heavy (non-hydrogen) atoms. The number of carbonyl (C=O) groups is 1. The largest absolute Gasteiger partial charge is 0.483 e. The van der Waals surface area contributed by atoms with Gasteiger partial charge in [-0.1, -0.05) is 26.3 Å². The van der Waals surface area contributed by atoms with Gasteiger partial charge < -0.3 is 15.4 Å². The van der Waals surface area contributed by atoms with Crippen molar-refractivity contribution in [2.75, 3.05) is 19.7 Å². The van der Waals surface area contributed by atoms with E-state index in [9.17, 15) is 4.79 Å². The topological polar surface area (TPSA) is 50.4 Å². The lowest BCUT2D eigenvalue weighted by Gasteiger charge is -2.10. The Bertz CT molecular complexity index is 424. The Balaban J connectivity index is 2.42. The summed E-state index contributed by atoms with van der Waals surface area (Å²) in [5, 5.41) is 6.09. The highest BCUT2D eigenvalue weighted by molar-refractivity contribution is 9.10. The minimum atomic E-state index is -0.0814. The molecule has 112 valence electrons. The van der Waals surface area contributed by atoms with Crippen LogP contribution in [-0.2, 0) is 11.3 Å². The molecule has 0 saturated carbocycles. The maximum atomic E-state index is 11.5. The average molecular weight is 343 g/mol. The number of benzene rings is 1. The monoisotopic (exact) mass is 342 g/mol. The summed E-state index contributed by atoms with van der Waals surface area (Å²) in [5.41, 5.74) is 1.18. The maximum absolute atomic E-state index is 11.5. The molecular weight excluding hydrogens is 320 g/mol. The minimum Gasteiger partial charge on any atom is -0.483 e. The first-order valence-corrected chi connectivity index (χ1v) is 7.85. The Morgan fingerprint density at radius 1 is 1.35 bits per heavy atom. The molecule has 0 aliphatic heterocycles. The van der Waals surface area contributed by atoms with Crippen LogP contribution in [0.5, 0.6) is 5.75 Å². The number of halogens is 1. The fraction of sp³-hybridized carbons (Fsp3) is 0.533. The zero-order valence-electron chi connectivity index (χ0n) is 12.2. The Labute approximate surface area is 129 Å². The Kier molecular flexibility index (Phi) is 8.30. The first-order valence-electron chi connectivity index (χ1n) is 7.06. The molecule has 0 radical (unpaired) electrons. The van der Waals surface area contributed by atoms with Crippen LogP contribution in [0.1, 0.15) is 32.3 Å². The fourth-order valence-corrected chi connectivity index (χ4v) is 2.18. The third-order valence-electron chi connectivity index (χ3n) is 2.79. The van der Waals surface area contributed by atoms with Gasteiger partial charge in [-0.3, -0.25) is 4.79 Å². The molecule has 5 heteroatoms. The van der Waals surface area contributed by atoms with Crippen molar-refractivity contribution < 1.29 is 9.53 Å². The van der Waals surface area contributed by atoms with Gasteiger partial charge in [-0.15, -0.1) is 0 Å². The molecule has 0 spiro atoms. The van der Waals surface area contributed by atoms with Gasteiger partial charge in [0.25, 0.3) is 5.91 Å². The number of carbonyl (C=O) groups excluding carboxylic acids is 1. The summed E-state index contributed by atoms with van der Waals surface area (Å²) in [6.07, 6.45) is 2.06. The van der Waals surface area contributed by atoms with Crippen LogP contribution in [-0.4, -0.2) is 25.6 Å². The van der Waals surface area contributed by atoms with Crippen LogP contribution >= 0.6 is 15.9 Å². The summed E-state index contributed by atoms with van der Waals surface area (Å²) in [6, 6.07) is 5.89. The fourth-order valence-electron chi connectivity index (χ4n) is 1.64. The van der Waals surface area contributed by atoms with Crippen LogP contribution in [0.2, 0.25) is 0 Å². The third kappa shape index (κ3) is 6.39. The van der Waals surface area contributed by atoms with Gasteiger partial charge in [-0.2, -0.15) is 0 Å². The third-order valence-corrected chi connectivity index (χ3v) is 3.41. The molecular formula is C15H23BrN2O2. The number of hydrogen-bond acceptors (Lipinski definition) is 3. The number of rotatable bonds is 9. The Hall–Kier alpha value is -1.07. The SMILES string of the molecule is CCCCNC(=O)COc1ccc(CNCC)cc1Br. The first-order chi connectivity index (χ1) is 9.67. The van der Waals surface area contributed by atoms with E-state index in [4.69, 9.17) is 4.74 Å². The lowest BCUT2D eigenvalue weighted by Crippen LogP contribution is -2.29. The highest BCUT2D eigenvalue weighted by Gasteiger charge is 2.06. The number of hydrogen-bond donors (Lipinski definition) is 2. The van der Waals surface area contributed by atoms with Crippen LogP contribution in [0.15, 0.2) is 22.7 Å². The lowest BCUT2D eigenvalue weighted by molar-refractivity contribution is -0.123. The Morgan fingerprint density at radius 3 is 2.80 bits per heavy atom. The van der Waals surface area contributed by atoms with Gasteiger partial charge in [0.05, 0.1) is 4.47 Å². The van der Waals surface area contributed by atoms with Gasteiger partial charge in [0, 0.05) is 13.1 Å². The highest BCUT2D eigenvalue weighted by atomic mass is 79.9. The van der Waals surface area contributed by atoms with Crippen molar-refractivity contribution in [3.8, 4) is 5.75 Å². The summed E-state index contributed by atoms with van der Waals surface area (Å²) in [7, 11) is 0. The molecule has 2 N–H and O–H groups in total. The molecule has 0 fully saturated rings. The smallest absolute Gasteiger partial charge is 0.257 e. The van der Waals surface area contributed by atoms with Gasteiger partial charge in [-0.25, -0.2) is 0 Å². The van der Waals surface area contributed by atoms with Crippen molar-refractivity contribution in [1.29, 1.82) is 0 Å². The second-order valence-corrected chi connectivity index (χ2v) is 5.39.